The summed E-state index contributed by atoms with van der Waals surface area (Å²) in [6.45, 7) is 3.45. The maximum absolute atomic E-state index is 14.1. The van der Waals surface area contributed by atoms with Crippen LogP contribution >= 0.6 is 0 Å². The summed E-state index contributed by atoms with van der Waals surface area (Å²) in [4.78, 5) is 43.8. The average molecular weight is 556 g/mol. The number of fused-ring (bicyclic) bond motifs is 1. The highest BCUT2D eigenvalue weighted by Crippen LogP contribution is 2.30. The van der Waals surface area contributed by atoms with E-state index in [2.05, 4.69) is 15.0 Å². The molecule has 3 aliphatic rings. The number of amides is 2. The van der Waals surface area contributed by atoms with Gasteiger partial charge in [-0.3, -0.25) is 14.2 Å². The van der Waals surface area contributed by atoms with Crippen LogP contribution in [0.25, 0.3) is 16.9 Å². The van der Waals surface area contributed by atoms with Crippen LogP contribution in [-0.2, 0) is 14.3 Å². The van der Waals surface area contributed by atoms with Crippen molar-refractivity contribution in [1.29, 1.82) is 0 Å². The standard InChI is InChI=1S/C27H31F2N7O4/c1-33-15-17(6-7-23(33)37)26(38)35-9-8-18(16-35)40-22-14-21(31-27(32-22)34-10-12-39-13-11-34)36-20-5-3-2-4-19(20)30-25(36)24(28)29/h2-5,14,17-18,24H,6-13,15-16H2,1H3/t17?,18-/m0/s1. The molecule has 13 heteroatoms. The number of imidazole rings is 1. The zero-order valence-corrected chi connectivity index (χ0v) is 22.2. The van der Waals surface area contributed by atoms with Gasteiger partial charge in [-0.2, -0.15) is 9.97 Å². The van der Waals surface area contributed by atoms with Gasteiger partial charge in [0.05, 0.1) is 36.7 Å². The third kappa shape index (κ3) is 5.17. The molecule has 3 saturated heterocycles. The van der Waals surface area contributed by atoms with Gasteiger partial charge in [0.2, 0.25) is 23.6 Å². The lowest BCUT2D eigenvalue weighted by molar-refractivity contribution is -0.141. The molecule has 0 saturated carbocycles. The number of carbonyl (C=O) groups excluding carboxylic acids is 2. The molecule has 212 valence electrons. The number of nitrogens with zero attached hydrogens (tertiary/aromatic N) is 7. The van der Waals surface area contributed by atoms with E-state index in [0.29, 0.717) is 82.2 Å². The molecule has 0 spiro atoms. The van der Waals surface area contributed by atoms with Gasteiger partial charge in [0, 0.05) is 52.1 Å². The number of hydrogen-bond donors (Lipinski definition) is 0. The number of rotatable bonds is 6. The molecule has 0 radical (unpaired) electrons. The molecule has 0 N–H and O–H groups in total. The molecule has 1 unspecified atom stereocenters. The molecule has 2 atom stereocenters. The predicted octanol–water partition coefficient (Wildman–Crippen LogP) is 2.44. The molecule has 0 bridgehead atoms. The van der Waals surface area contributed by atoms with Gasteiger partial charge in [0.1, 0.15) is 11.9 Å². The van der Waals surface area contributed by atoms with Crippen molar-refractivity contribution in [2.45, 2.75) is 31.8 Å². The molecule has 2 amide bonds. The zero-order chi connectivity index (χ0) is 27.8. The number of morpholine rings is 1. The van der Waals surface area contributed by atoms with Gasteiger partial charge in [-0.1, -0.05) is 12.1 Å². The molecule has 0 aliphatic carbocycles. The van der Waals surface area contributed by atoms with Gasteiger partial charge in [-0.25, -0.2) is 13.8 Å². The predicted molar refractivity (Wildman–Crippen MR) is 141 cm³/mol. The van der Waals surface area contributed by atoms with Crippen LogP contribution in [0.1, 0.15) is 31.5 Å². The Hall–Kier alpha value is -3.87. The van der Waals surface area contributed by atoms with E-state index < -0.39 is 12.2 Å². The second-order valence-corrected chi connectivity index (χ2v) is 10.4. The summed E-state index contributed by atoms with van der Waals surface area (Å²) in [6.07, 6.45) is -1.61. The van der Waals surface area contributed by atoms with E-state index in [4.69, 9.17) is 9.47 Å². The first kappa shape index (κ1) is 26.4. The van der Waals surface area contributed by atoms with Crippen molar-refractivity contribution in [3.05, 3.63) is 36.2 Å². The number of hydrogen-bond acceptors (Lipinski definition) is 8. The van der Waals surface area contributed by atoms with E-state index in [9.17, 15) is 18.4 Å². The molecule has 3 aromatic rings. The number of carbonyl (C=O) groups is 2. The lowest BCUT2D eigenvalue weighted by Crippen LogP contribution is -2.45. The topological polar surface area (TPSA) is 106 Å². The SMILES string of the molecule is CN1CC(C(=O)N2CC[C@H](Oc3cc(-n4c(C(F)F)nc5ccccc54)nc(N4CCOCC4)n3)C2)CCC1=O. The maximum atomic E-state index is 14.1. The number of likely N-dealkylation sites (tertiary alicyclic amines) is 2. The molecule has 6 rings (SSSR count). The lowest BCUT2D eigenvalue weighted by Gasteiger charge is -2.31. The summed E-state index contributed by atoms with van der Waals surface area (Å²) in [7, 11) is 1.72. The summed E-state index contributed by atoms with van der Waals surface area (Å²) >= 11 is 0. The van der Waals surface area contributed by atoms with Gasteiger partial charge >= 0.3 is 0 Å². The Labute approximate surface area is 229 Å². The quantitative estimate of drug-likeness (QED) is 0.457. The van der Waals surface area contributed by atoms with E-state index in [1.165, 1.54) is 4.57 Å². The van der Waals surface area contributed by atoms with Gasteiger partial charge in [-0.15, -0.1) is 0 Å². The third-order valence-corrected chi connectivity index (χ3v) is 7.70. The van der Waals surface area contributed by atoms with Crippen molar-refractivity contribution >= 4 is 28.8 Å². The fourth-order valence-electron chi connectivity index (χ4n) is 5.58. The van der Waals surface area contributed by atoms with Gasteiger partial charge in [-0.05, 0) is 18.6 Å². The van der Waals surface area contributed by atoms with E-state index >= 15 is 0 Å². The van der Waals surface area contributed by atoms with Crippen molar-refractivity contribution in [3.63, 3.8) is 0 Å². The van der Waals surface area contributed by atoms with Gasteiger partial charge in [0.15, 0.2) is 5.82 Å². The Balaban J connectivity index is 1.28. The molecular weight excluding hydrogens is 524 g/mol. The minimum Gasteiger partial charge on any atom is -0.472 e. The molecule has 11 nitrogen and oxygen atoms in total. The summed E-state index contributed by atoms with van der Waals surface area (Å²) in [5.74, 6) is 0.282. The number of benzene rings is 1. The van der Waals surface area contributed by atoms with Crippen molar-refractivity contribution in [2.75, 3.05) is 57.9 Å². The maximum Gasteiger partial charge on any atom is 0.296 e. The number of aromatic nitrogens is 4. The fraction of sp³-hybridized carbons (Fsp3) is 0.519. The van der Waals surface area contributed by atoms with Crippen LogP contribution in [0, 0.1) is 5.92 Å². The minimum absolute atomic E-state index is 0.0225. The van der Waals surface area contributed by atoms with Crippen LogP contribution < -0.4 is 9.64 Å². The smallest absolute Gasteiger partial charge is 0.296 e. The number of anilines is 1. The Morgan fingerprint density at radius 3 is 2.65 bits per heavy atom. The van der Waals surface area contributed by atoms with Crippen LogP contribution in [0.4, 0.5) is 14.7 Å². The average Bonchev–Trinajstić information content (AvgIpc) is 3.59. The van der Waals surface area contributed by atoms with Crippen molar-refractivity contribution in [3.8, 4) is 11.7 Å². The Morgan fingerprint density at radius 1 is 1.07 bits per heavy atom. The Bertz CT molecular complexity index is 1410. The van der Waals surface area contributed by atoms with E-state index in [-0.39, 0.29) is 35.5 Å². The first-order valence-electron chi connectivity index (χ1n) is 13.5. The van der Waals surface area contributed by atoms with Crippen molar-refractivity contribution in [1.82, 2.24) is 29.3 Å². The largest absolute Gasteiger partial charge is 0.472 e. The van der Waals surface area contributed by atoms with Crippen molar-refractivity contribution < 1.29 is 27.8 Å². The van der Waals surface area contributed by atoms with Gasteiger partial charge < -0.3 is 24.2 Å². The van der Waals surface area contributed by atoms with E-state index in [0.717, 1.165) is 0 Å². The van der Waals surface area contributed by atoms with Crippen LogP contribution in [0.15, 0.2) is 30.3 Å². The molecular formula is C27H31F2N7O4. The number of para-hydroxylation sites is 2. The summed E-state index contributed by atoms with van der Waals surface area (Å²) in [6, 6.07) is 8.47. The van der Waals surface area contributed by atoms with Crippen LogP contribution in [-0.4, -0.2) is 100 Å². The van der Waals surface area contributed by atoms with E-state index in [1.807, 2.05) is 4.90 Å². The highest BCUT2D eigenvalue weighted by Gasteiger charge is 2.35. The molecule has 2 aromatic heterocycles. The monoisotopic (exact) mass is 555 g/mol. The number of alkyl halides is 2. The molecule has 1 aromatic carbocycles. The minimum atomic E-state index is -2.82. The molecule has 3 aliphatic heterocycles. The summed E-state index contributed by atoms with van der Waals surface area (Å²) in [5.41, 5.74) is 0.941. The highest BCUT2D eigenvalue weighted by atomic mass is 19.3. The second-order valence-electron chi connectivity index (χ2n) is 10.4. The highest BCUT2D eigenvalue weighted by molar-refractivity contribution is 5.84. The van der Waals surface area contributed by atoms with Gasteiger partial charge in [0.25, 0.3) is 6.43 Å². The van der Waals surface area contributed by atoms with Crippen LogP contribution in [0.5, 0.6) is 5.88 Å². The third-order valence-electron chi connectivity index (χ3n) is 7.70. The number of halogens is 2. The zero-order valence-electron chi connectivity index (χ0n) is 22.2. The Kier molecular flexibility index (Phi) is 7.22. The molecule has 40 heavy (non-hydrogen) atoms. The van der Waals surface area contributed by atoms with Crippen LogP contribution in [0.2, 0.25) is 0 Å². The summed E-state index contributed by atoms with van der Waals surface area (Å²) in [5, 5.41) is 0. The molecule has 3 fully saturated rings. The van der Waals surface area contributed by atoms with E-state index in [1.54, 1.807) is 47.2 Å². The number of piperidine rings is 1. The molecule has 5 heterocycles. The first-order chi connectivity index (χ1) is 19.4. The second kappa shape index (κ2) is 11.0. The van der Waals surface area contributed by atoms with Crippen LogP contribution in [0.3, 0.4) is 0 Å². The van der Waals surface area contributed by atoms with Crippen molar-refractivity contribution in [2.24, 2.45) is 5.92 Å². The fourth-order valence-corrected chi connectivity index (χ4v) is 5.58. The number of ether oxygens (including phenoxy) is 2. The normalized spacial score (nSPS) is 22.0. The lowest BCUT2D eigenvalue weighted by atomic mass is 9.96. The first-order valence-corrected chi connectivity index (χ1v) is 13.5. The summed E-state index contributed by atoms with van der Waals surface area (Å²) < 4.78 is 41.3. The Morgan fingerprint density at radius 2 is 1.88 bits per heavy atom.